The van der Waals surface area contributed by atoms with E-state index in [9.17, 15) is 18.0 Å². The smallest absolute Gasteiger partial charge is 0.248 e. The van der Waals surface area contributed by atoms with E-state index in [0.29, 0.717) is 16.4 Å². The molecule has 0 aliphatic carbocycles. The second-order valence-corrected chi connectivity index (χ2v) is 8.47. The molecule has 3 rings (SSSR count). The van der Waals surface area contributed by atoms with Crippen LogP contribution in [0.5, 0.6) is 5.75 Å². The van der Waals surface area contributed by atoms with E-state index < -0.39 is 22.5 Å². The minimum absolute atomic E-state index is 0.139. The summed E-state index contributed by atoms with van der Waals surface area (Å²) >= 11 is 6.01. The van der Waals surface area contributed by atoms with E-state index in [1.54, 1.807) is 30.3 Å². The van der Waals surface area contributed by atoms with Crippen molar-refractivity contribution < 1.29 is 22.7 Å². The lowest BCUT2D eigenvalue weighted by Gasteiger charge is -2.31. The lowest BCUT2D eigenvalue weighted by atomic mass is 10.2. The van der Waals surface area contributed by atoms with E-state index in [2.05, 4.69) is 5.32 Å². The lowest BCUT2D eigenvalue weighted by molar-refractivity contribution is -0.121. The summed E-state index contributed by atoms with van der Waals surface area (Å²) in [5.74, 6) is -0.674. The number of hydrogen-bond acceptors (Lipinski definition) is 5. The third kappa shape index (κ3) is 4.05. The molecule has 0 fully saturated rings. The summed E-state index contributed by atoms with van der Waals surface area (Å²) in [6.45, 7) is -0.725. The minimum Gasteiger partial charge on any atom is -0.495 e. The predicted molar refractivity (Wildman–Crippen MR) is 108 cm³/mol. The summed E-state index contributed by atoms with van der Waals surface area (Å²) in [5.41, 5.74) is 1.12. The fourth-order valence-corrected chi connectivity index (χ4v) is 3.91. The summed E-state index contributed by atoms with van der Waals surface area (Å²) in [6.07, 6.45) is 0.984. The number of para-hydroxylation sites is 2. The Labute approximate surface area is 167 Å². The van der Waals surface area contributed by atoms with Crippen LogP contribution in [-0.4, -0.2) is 46.7 Å². The van der Waals surface area contributed by atoms with E-state index in [4.69, 9.17) is 16.3 Å². The van der Waals surface area contributed by atoms with E-state index in [-0.39, 0.29) is 23.9 Å². The van der Waals surface area contributed by atoms with Gasteiger partial charge in [-0.25, -0.2) is 8.42 Å². The summed E-state index contributed by atoms with van der Waals surface area (Å²) in [6, 6.07) is 11.3. The zero-order chi connectivity index (χ0) is 20.5. The van der Waals surface area contributed by atoms with Crippen LogP contribution in [0.25, 0.3) is 0 Å². The molecular formula is C18H18ClN3O5S. The van der Waals surface area contributed by atoms with Crippen LogP contribution in [0.4, 0.5) is 17.1 Å². The zero-order valence-electron chi connectivity index (χ0n) is 15.2. The molecule has 0 aromatic heterocycles. The Bertz CT molecular complexity index is 1040. The van der Waals surface area contributed by atoms with Gasteiger partial charge in [0, 0.05) is 5.02 Å². The molecule has 2 amide bonds. The van der Waals surface area contributed by atoms with Crippen LogP contribution in [0.1, 0.15) is 0 Å². The average Bonchev–Trinajstić information content (AvgIpc) is 2.64. The van der Waals surface area contributed by atoms with Gasteiger partial charge in [-0.3, -0.25) is 18.8 Å². The number of sulfonamides is 1. The molecule has 8 nitrogen and oxygen atoms in total. The number of rotatable bonds is 5. The fraction of sp³-hybridized carbons (Fsp3) is 0.222. The molecule has 0 radical (unpaired) electrons. The average molecular weight is 424 g/mol. The van der Waals surface area contributed by atoms with Crippen molar-refractivity contribution >= 4 is 50.5 Å². The molecule has 1 N–H and O–H groups in total. The van der Waals surface area contributed by atoms with Gasteiger partial charge in [0.2, 0.25) is 21.8 Å². The van der Waals surface area contributed by atoms with Crippen LogP contribution in [0.3, 0.4) is 0 Å². The molecule has 1 aliphatic heterocycles. The summed E-state index contributed by atoms with van der Waals surface area (Å²) in [5, 5.41) is 2.97. The maximum Gasteiger partial charge on any atom is 0.248 e. The van der Waals surface area contributed by atoms with Gasteiger partial charge in [-0.2, -0.15) is 0 Å². The first-order valence-corrected chi connectivity index (χ1v) is 10.4. The van der Waals surface area contributed by atoms with Gasteiger partial charge in [0.15, 0.2) is 0 Å². The van der Waals surface area contributed by atoms with Gasteiger partial charge in [0.25, 0.3) is 0 Å². The quantitative estimate of drug-likeness (QED) is 0.794. The van der Waals surface area contributed by atoms with Crippen LogP contribution in [-0.2, 0) is 19.6 Å². The number of carbonyl (C=O) groups is 2. The molecular weight excluding hydrogens is 406 g/mol. The number of methoxy groups -OCH3 is 1. The second-order valence-electron chi connectivity index (χ2n) is 6.13. The first-order valence-electron chi connectivity index (χ1n) is 8.21. The van der Waals surface area contributed by atoms with Gasteiger partial charge in [-0.05, 0) is 30.3 Å². The van der Waals surface area contributed by atoms with Crippen LogP contribution in [0, 0.1) is 0 Å². The van der Waals surface area contributed by atoms with Gasteiger partial charge < -0.3 is 10.1 Å². The van der Waals surface area contributed by atoms with Gasteiger partial charge in [-0.15, -0.1) is 0 Å². The van der Waals surface area contributed by atoms with Crippen molar-refractivity contribution in [3.63, 3.8) is 0 Å². The molecule has 1 aliphatic rings. The van der Waals surface area contributed by atoms with Crippen molar-refractivity contribution in [3.05, 3.63) is 47.5 Å². The summed E-state index contributed by atoms with van der Waals surface area (Å²) < 4.78 is 31.0. The van der Waals surface area contributed by atoms with Crippen molar-refractivity contribution in [3.8, 4) is 5.75 Å². The van der Waals surface area contributed by atoms with E-state index in [1.165, 1.54) is 24.1 Å². The van der Waals surface area contributed by atoms with Crippen LogP contribution in [0.2, 0.25) is 5.02 Å². The largest absolute Gasteiger partial charge is 0.495 e. The monoisotopic (exact) mass is 423 g/mol. The lowest BCUT2D eigenvalue weighted by Crippen LogP contribution is -2.47. The Hall–Kier alpha value is -2.78. The second kappa shape index (κ2) is 7.69. The Morgan fingerprint density at radius 1 is 1.29 bits per heavy atom. The molecule has 148 valence electrons. The molecule has 2 aromatic rings. The zero-order valence-corrected chi connectivity index (χ0v) is 16.7. The summed E-state index contributed by atoms with van der Waals surface area (Å²) in [4.78, 5) is 26.2. The van der Waals surface area contributed by atoms with E-state index >= 15 is 0 Å². The Kier molecular flexibility index (Phi) is 5.48. The number of anilines is 3. The standard InChI is InChI=1S/C18H18ClN3O5S/c1-27-16-8-7-12(19)9-15(16)22(28(2,25)26)11-18(24)21-10-17(23)20-13-5-3-4-6-14(13)21/h3-9H,10-11H2,1-2H3,(H,20,23). The van der Waals surface area contributed by atoms with Crippen molar-refractivity contribution in [2.75, 3.05) is 41.0 Å². The summed E-state index contributed by atoms with van der Waals surface area (Å²) in [7, 11) is -2.46. The van der Waals surface area contributed by atoms with E-state index in [1.807, 2.05) is 0 Å². The third-order valence-electron chi connectivity index (χ3n) is 4.16. The number of nitrogens with zero attached hydrogens (tertiary/aromatic N) is 2. The topological polar surface area (TPSA) is 96.0 Å². The van der Waals surface area contributed by atoms with Crippen LogP contribution in [0.15, 0.2) is 42.5 Å². The Morgan fingerprint density at radius 3 is 2.68 bits per heavy atom. The highest BCUT2D eigenvalue weighted by atomic mass is 35.5. The third-order valence-corrected chi connectivity index (χ3v) is 5.52. The molecule has 0 unspecified atom stereocenters. The number of ether oxygens (including phenoxy) is 1. The molecule has 28 heavy (non-hydrogen) atoms. The number of hydrogen-bond donors (Lipinski definition) is 1. The number of benzene rings is 2. The highest BCUT2D eigenvalue weighted by Crippen LogP contribution is 2.34. The number of fused-ring (bicyclic) bond motifs is 1. The maximum atomic E-state index is 13.0. The Balaban J connectivity index is 1.99. The van der Waals surface area contributed by atoms with Crippen LogP contribution < -0.4 is 19.3 Å². The van der Waals surface area contributed by atoms with Crippen LogP contribution >= 0.6 is 11.6 Å². The molecule has 0 bridgehead atoms. The molecule has 0 atom stereocenters. The van der Waals surface area contributed by atoms with Gasteiger partial charge in [0.1, 0.15) is 18.8 Å². The molecule has 0 saturated heterocycles. The molecule has 0 saturated carbocycles. The van der Waals surface area contributed by atoms with Gasteiger partial charge in [-0.1, -0.05) is 23.7 Å². The number of amides is 2. The predicted octanol–water partition coefficient (Wildman–Crippen LogP) is 2.10. The van der Waals surface area contributed by atoms with Crippen molar-refractivity contribution in [1.29, 1.82) is 0 Å². The number of carbonyl (C=O) groups excluding carboxylic acids is 2. The fourth-order valence-electron chi connectivity index (χ4n) is 2.90. The van der Waals surface area contributed by atoms with E-state index in [0.717, 1.165) is 10.6 Å². The van der Waals surface area contributed by atoms with Gasteiger partial charge in [0.05, 0.1) is 30.4 Å². The van der Waals surface area contributed by atoms with Crippen molar-refractivity contribution in [1.82, 2.24) is 0 Å². The van der Waals surface area contributed by atoms with Crippen molar-refractivity contribution in [2.24, 2.45) is 0 Å². The Morgan fingerprint density at radius 2 is 2.00 bits per heavy atom. The molecule has 2 aromatic carbocycles. The van der Waals surface area contributed by atoms with Gasteiger partial charge >= 0.3 is 0 Å². The normalized spacial score (nSPS) is 13.5. The first-order chi connectivity index (χ1) is 13.2. The SMILES string of the molecule is COc1ccc(Cl)cc1N(CC(=O)N1CC(=O)Nc2ccccc21)S(C)(=O)=O. The first kappa shape index (κ1) is 20.0. The maximum absolute atomic E-state index is 13.0. The molecule has 10 heteroatoms. The molecule has 0 spiro atoms. The highest BCUT2D eigenvalue weighted by molar-refractivity contribution is 7.92. The minimum atomic E-state index is -3.85. The molecule has 1 heterocycles. The highest BCUT2D eigenvalue weighted by Gasteiger charge is 2.31. The van der Waals surface area contributed by atoms with Crippen molar-refractivity contribution in [2.45, 2.75) is 0 Å². The number of halogens is 1. The number of nitrogens with one attached hydrogen (secondary N) is 1.